The lowest BCUT2D eigenvalue weighted by molar-refractivity contribution is 0.664. The highest BCUT2D eigenvalue weighted by Crippen LogP contribution is 2.30. The van der Waals surface area contributed by atoms with Gasteiger partial charge in [-0.3, -0.25) is 9.97 Å². The average Bonchev–Trinajstić information content (AvgIpc) is 2.75. The van der Waals surface area contributed by atoms with Crippen LogP contribution in [-0.2, 0) is 7.05 Å². The zero-order valence-corrected chi connectivity index (χ0v) is 11.7. The van der Waals surface area contributed by atoms with Gasteiger partial charge in [-0.1, -0.05) is 0 Å². The molecule has 0 saturated heterocycles. The van der Waals surface area contributed by atoms with Gasteiger partial charge in [0.05, 0.1) is 5.52 Å². The molecular formula is C10H7BrN6S. The fourth-order valence-corrected chi connectivity index (χ4v) is 2.61. The minimum atomic E-state index is 0.715. The SMILES string of the molecule is Cn1nnnc1Sc1ccnc2cc(Br)cnc12. The maximum atomic E-state index is 4.38. The minimum absolute atomic E-state index is 0.715. The smallest absolute Gasteiger partial charge is 0.213 e. The first-order valence-electron chi connectivity index (χ1n) is 5.04. The van der Waals surface area contributed by atoms with Crippen molar-refractivity contribution < 1.29 is 0 Å². The van der Waals surface area contributed by atoms with Crippen LogP contribution in [0.25, 0.3) is 11.0 Å². The number of rotatable bonds is 2. The second-order valence-corrected chi connectivity index (χ2v) is 5.44. The van der Waals surface area contributed by atoms with E-state index in [1.807, 2.05) is 12.1 Å². The molecule has 0 spiro atoms. The molecule has 0 aliphatic rings. The van der Waals surface area contributed by atoms with E-state index in [1.54, 1.807) is 24.1 Å². The second-order valence-electron chi connectivity index (χ2n) is 3.52. The molecule has 3 heterocycles. The van der Waals surface area contributed by atoms with Crippen molar-refractivity contribution in [2.45, 2.75) is 10.1 Å². The number of halogens is 1. The van der Waals surface area contributed by atoms with Crippen LogP contribution >= 0.6 is 27.7 Å². The zero-order chi connectivity index (χ0) is 12.5. The number of hydrogen-bond donors (Lipinski definition) is 0. The molecule has 0 aliphatic carbocycles. The topological polar surface area (TPSA) is 69.4 Å². The van der Waals surface area contributed by atoms with Crippen LogP contribution in [0.4, 0.5) is 0 Å². The van der Waals surface area contributed by atoms with E-state index < -0.39 is 0 Å². The number of fused-ring (bicyclic) bond motifs is 1. The first-order chi connectivity index (χ1) is 8.74. The molecule has 3 aromatic rings. The Balaban J connectivity index is 2.09. The second kappa shape index (κ2) is 4.62. The third-order valence-corrected chi connectivity index (χ3v) is 3.80. The Kier molecular flexibility index (Phi) is 2.96. The highest BCUT2D eigenvalue weighted by molar-refractivity contribution is 9.10. The Labute approximate surface area is 115 Å². The van der Waals surface area contributed by atoms with Crippen LogP contribution in [0, 0.1) is 0 Å². The molecule has 8 heteroatoms. The Morgan fingerprint density at radius 2 is 2.22 bits per heavy atom. The molecule has 90 valence electrons. The summed E-state index contributed by atoms with van der Waals surface area (Å²) in [4.78, 5) is 9.65. The maximum absolute atomic E-state index is 4.38. The quantitative estimate of drug-likeness (QED) is 0.719. The number of nitrogens with zero attached hydrogens (tertiary/aromatic N) is 6. The lowest BCUT2D eigenvalue weighted by atomic mass is 10.3. The Bertz CT molecular complexity index is 712. The van der Waals surface area contributed by atoms with Gasteiger partial charge in [0.1, 0.15) is 5.52 Å². The Morgan fingerprint density at radius 1 is 1.33 bits per heavy atom. The molecule has 0 radical (unpaired) electrons. The van der Waals surface area contributed by atoms with E-state index in [0.29, 0.717) is 5.16 Å². The monoisotopic (exact) mass is 322 g/mol. The van der Waals surface area contributed by atoms with E-state index in [9.17, 15) is 0 Å². The summed E-state index contributed by atoms with van der Waals surface area (Å²) in [6, 6.07) is 3.84. The van der Waals surface area contributed by atoms with Gasteiger partial charge in [-0.25, -0.2) is 4.68 Å². The zero-order valence-electron chi connectivity index (χ0n) is 9.28. The van der Waals surface area contributed by atoms with Gasteiger partial charge in [-0.15, -0.1) is 5.10 Å². The average molecular weight is 323 g/mol. The third-order valence-electron chi connectivity index (χ3n) is 2.29. The van der Waals surface area contributed by atoms with Gasteiger partial charge in [-0.2, -0.15) is 0 Å². The van der Waals surface area contributed by atoms with Crippen LogP contribution in [0.3, 0.4) is 0 Å². The molecule has 0 fully saturated rings. The molecule has 0 aromatic carbocycles. The number of aromatic nitrogens is 6. The maximum Gasteiger partial charge on any atom is 0.213 e. The fraction of sp³-hybridized carbons (Fsp3) is 0.100. The molecule has 3 rings (SSSR count). The molecule has 0 aliphatic heterocycles. The predicted molar refractivity (Wildman–Crippen MR) is 70.2 cm³/mol. The number of tetrazole rings is 1. The number of aryl methyl sites for hydroxylation is 1. The van der Waals surface area contributed by atoms with E-state index in [2.05, 4.69) is 41.4 Å². The van der Waals surface area contributed by atoms with Gasteiger partial charge >= 0.3 is 0 Å². The van der Waals surface area contributed by atoms with Crippen LogP contribution in [0.2, 0.25) is 0 Å². The van der Waals surface area contributed by atoms with Gasteiger partial charge in [0.25, 0.3) is 0 Å². The van der Waals surface area contributed by atoms with Crippen LogP contribution in [0.1, 0.15) is 0 Å². The largest absolute Gasteiger partial charge is 0.254 e. The van der Waals surface area contributed by atoms with Crippen LogP contribution in [0.15, 0.2) is 39.1 Å². The predicted octanol–water partition coefficient (Wildman–Crippen LogP) is 2.07. The van der Waals surface area contributed by atoms with Crippen molar-refractivity contribution in [2.75, 3.05) is 0 Å². The van der Waals surface area contributed by atoms with Crippen molar-refractivity contribution in [3.63, 3.8) is 0 Å². The summed E-state index contributed by atoms with van der Waals surface area (Å²) in [5.74, 6) is 0. The van der Waals surface area contributed by atoms with Crippen LogP contribution in [-0.4, -0.2) is 30.2 Å². The molecule has 0 saturated carbocycles. The van der Waals surface area contributed by atoms with Crippen LogP contribution in [0.5, 0.6) is 0 Å². The molecule has 0 amide bonds. The fourth-order valence-electron chi connectivity index (χ4n) is 1.47. The lowest BCUT2D eigenvalue weighted by Gasteiger charge is -2.03. The summed E-state index contributed by atoms with van der Waals surface area (Å²) in [6.45, 7) is 0. The molecule has 0 atom stereocenters. The van der Waals surface area contributed by atoms with Gasteiger partial charge in [0.2, 0.25) is 5.16 Å². The molecule has 0 bridgehead atoms. The number of pyridine rings is 2. The Morgan fingerprint density at radius 3 is 3.00 bits per heavy atom. The lowest BCUT2D eigenvalue weighted by Crippen LogP contribution is -1.93. The van der Waals surface area contributed by atoms with Gasteiger partial charge < -0.3 is 0 Å². The molecule has 6 nitrogen and oxygen atoms in total. The van der Waals surface area contributed by atoms with E-state index in [4.69, 9.17) is 0 Å². The van der Waals surface area contributed by atoms with Crippen molar-refractivity contribution >= 4 is 38.7 Å². The van der Waals surface area contributed by atoms with Gasteiger partial charge in [-0.05, 0) is 50.3 Å². The van der Waals surface area contributed by atoms with Gasteiger partial charge in [0.15, 0.2) is 0 Å². The summed E-state index contributed by atoms with van der Waals surface area (Å²) in [7, 11) is 1.80. The minimum Gasteiger partial charge on any atom is -0.254 e. The summed E-state index contributed by atoms with van der Waals surface area (Å²) >= 11 is 4.85. The Hall–Kier alpha value is -1.54. The van der Waals surface area contributed by atoms with E-state index >= 15 is 0 Å². The molecule has 0 N–H and O–H groups in total. The molecule has 18 heavy (non-hydrogen) atoms. The van der Waals surface area contributed by atoms with Crippen molar-refractivity contribution in [1.82, 2.24) is 30.2 Å². The first-order valence-corrected chi connectivity index (χ1v) is 6.65. The highest BCUT2D eigenvalue weighted by atomic mass is 79.9. The summed E-state index contributed by atoms with van der Waals surface area (Å²) in [5, 5.41) is 12.1. The summed E-state index contributed by atoms with van der Waals surface area (Å²) in [5.41, 5.74) is 1.68. The van der Waals surface area contributed by atoms with E-state index in [1.165, 1.54) is 11.8 Å². The van der Waals surface area contributed by atoms with Crippen molar-refractivity contribution in [1.29, 1.82) is 0 Å². The normalized spacial score (nSPS) is 11.0. The number of hydrogen-bond acceptors (Lipinski definition) is 6. The van der Waals surface area contributed by atoms with Crippen LogP contribution < -0.4 is 0 Å². The first kappa shape index (κ1) is 11.5. The molecular weight excluding hydrogens is 316 g/mol. The standard InChI is InChI=1S/C10H7BrN6S/c1-17-10(14-15-16-17)18-8-2-3-12-7-4-6(11)5-13-9(7)8/h2-5H,1H3. The summed E-state index contributed by atoms with van der Waals surface area (Å²) < 4.78 is 2.53. The van der Waals surface area contributed by atoms with Crippen molar-refractivity contribution in [3.8, 4) is 0 Å². The van der Waals surface area contributed by atoms with Crippen molar-refractivity contribution in [3.05, 3.63) is 29.0 Å². The third kappa shape index (κ3) is 2.08. The van der Waals surface area contributed by atoms with E-state index in [0.717, 1.165) is 20.4 Å². The highest BCUT2D eigenvalue weighted by Gasteiger charge is 2.09. The van der Waals surface area contributed by atoms with E-state index in [-0.39, 0.29) is 0 Å². The molecule has 3 aromatic heterocycles. The molecule has 0 unspecified atom stereocenters. The van der Waals surface area contributed by atoms with Crippen molar-refractivity contribution in [2.24, 2.45) is 7.05 Å². The summed E-state index contributed by atoms with van der Waals surface area (Å²) in [6.07, 6.45) is 3.51. The van der Waals surface area contributed by atoms with Gasteiger partial charge in [0, 0.05) is 28.8 Å².